The van der Waals surface area contributed by atoms with Crippen LogP contribution < -0.4 is 16.6 Å². The van der Waals surface area contributed by atoms with E-state index in [1.165, 1.54) is 12.1 Å². The number of pyridine rings is 1. The van der Waals surface area contributed by atoms with Gasteiger partial charge in [0.1, 0.15) is 11.0 Å². The van der Waals surface area contributed by atoms with Crippen LogP contribution in [0.1, 0.15) is 10.4 Å². The molecule has 0 aliphatic carbocycles. The Morgan fingerprint density at radius 3 is 3.15 bits per heavy atom. The number of nitrogens with zero attached hydrogens (tertiary/aromatic N) is 2. The molecule has 1 aromatic heterocycles. The highest BCUT2D eigenvalue weighted by molar-refractivity contribution is 6.29. The summed E-state index contributed by atoms with van der Waals surface area (Å²) in [4.78, 5) is 18.1. The molecule has 0 spiro atoms. The summed E-state index contributed by atoms with van der Waals surface area (Å²) in [6.45, 7) is 2.84. The fourth-order valence-electron chi connectivity index (χ4n) is 2.00. The topological polar surface area (TPSA) is 92.5 Å². The molecule has 110 valence electrons. The summed E-state index contributed by atoms with van der Waals surface area (Å²) in [5.74, 6) is 5.38. The molecule has 1 aliphatic heterocycles. The van der Waals surface area contributed by atoms with Crippen LogP contribution >= 0.6 is 11.6 Å². The minimum Gasteiger partial charge on any atom is -0.374 e. The molecule has 1 unspecified atom stereocenters. The van der Waals surface area contributed by atoms with Crippen molar-refractivity contribution >= 4 is 23.3 Å². The van der Waals surface area contributed by atoms with Crippen LogP contribution in [0.15, 0.2) is 12.1 Å². The van der Waals surface area contributed by atoms with Gasteiger partial charge in [-0.3, -0.25) is 4.79 Å². The van der Waals surface area contributed by atoms with Crippen LogP contribution in [-0.4, -0.2) is 55.2 Å². The highest BCUT2D eigenvalue weighted by atomic mass is 35.5. The molecular formula is C12H18ClN5O2. The number of amides is 1. The minimum atomic E-state index is -0.234. The van der Waals surface area contributed by atoms with Gasteiger partial charge in [0.15, 0.2) is 0 Å². The van der Waals surface area contributed by atoms with Crippen molar-refractivity contribution < 1.29 is 9.53 Å². The third-order valence-electron chi connectivity index (χ3n) is 3.04. The van der Waals surface area contributed by atoms with Crippen LogP contribution in [0.25, 0.3) is 0 Å². The first-order valence-electron chi connectivity index (χ1n) is 6.31. The largest absolute Gasteiger partial charge is 0.374 e. The lowest BCUT2D eigenvalue weighted by Crippen LogP contribution is -2.45. The lowest BCUT2D eigenvalue weighted by Gasteiger charge is -2.30. The Hall–Kier alpha value is -1.41. The Balaban J connectivity index is 1.93. The number of nitrogens with one attached hydrogen (secondary N) is 2. The van der Waals surface area contributed by atoms with Gasteiger partial charge >= 0.3 is 0 Å². The van der Waals surface area contributed by atoms with Crippen molar-refractivity contribution in [3.63, 3.8) is 0 Å². The number of aromatic nitrogens is 1. The number of carbonyl (C=O) groups is 1. The molecule has 4 N–H and O–H groups in total. The Bertz CT molecular complexity index is 485. The molecule has 20 heavy (non-hydrogen) atoms. The van der Waals surface area contributed by atoms with Gasteiger partial charge in [-0.1, -0.05) is 11.6 Å². The van der Waals surface area contributed by atoms with E-state index in [9.17, 15) is 4.79 Å². The summed E-state index contributed by atoms with van der Waals surface area (Å²) in [5.41, 5.74) is 2.77. The minimum absolute atomic E-state index is 0.00196. The summed E-state index contributed by atoms with van der Waals surface area (Å²) in [6.07, 6.45) is 0.00196. The number of hydrazine groups is 1. The van der Waals surface area contributed by atoms with Crippen molar-refractivity contribution in [1.29, 1.82) is 0 Å². The summed E-state index contributed by atoms with van der Waals surface area (Å²) < 4.78 is 5.58. The second-order valence-corrected chi connectivity index (χ2v) is 5.06. The van der Waals surface area contributed by atoms with Gasteiger partial charge in [-0.15, -0.1) is 0 Å². The zero-order chi connectivity index (χ0) is 14.5. The van der Waals surface area contributed by atoms with E-state index in [-0.39, 0.29) is 17.2 Å². The van der Waals surface area contributed by atoms with Crippen molar-refractivity contribution in [3.05, 3.63) is 22.8 Å². The third-order valence-corrected chi connectivity index (χ3v) is 3.23. The van der Waals surface area contributed by atoms with Gasteiger partial charge < -0.3 is 20.4 Å². The molecule has 8 heteroatoms. The molecule has 1 amide bonds. The first-order valence-corrected chi connectivity index (χ1v) is 6.69. The Morgan fingerprint density at radius 1 is 1.65 bits per heavy atom. The van der Waals surface area contributed by atoms with E-state index in [0.717, 1.165) is 13.1 Å². The van der Waals surface area contributed by atoms with Crippen molar-refractivity contribution in [2.45, 2.75) is 6.10 Å². The second kappa shape index (κ2) is 6.85. The molecule has 0 aromatic carbocycles. The summed E-state index contributed by atoms with van der Waals surface area (Å²) in [5, 5.41) is 3.03. The molecule has 2 rings (SSSR count). The highest BCUT2D eigenvalue weighted by Gasteiger charge is 2.18. The van der Waals surface area contributed by atoms with E-state index in [1.807, 2.05) is 7.05 Å². The first kappa shape index (κ1) is 15.0. The molecule has 1 atom stereocenters. The smallest absolute Gasteiger partial charge is 0.251 e. The summed E-state index contributed by atoms with van der Waals surface area (Å²) in [6, 6.07) is 3.03. The zero-order valence-electron chi connectivity index (χ0n) is 11.2. The Morgan fingerprint density at radius 2 is 2.45 bits per heavy atom. The van der Waals surface area contributed by atoms with E-state index in [1.54, 1.807) is 0 Å². The Kier molecular flexibility index (Phi) is 5.13. The maximum absolute atomic E-state index is 12.1. The van der Waals surface area contributed by atoms with Crippen LogP contribution in [0, 0.1) is 0 Å². The number of anilines is 1. The molecule has 2 heterocycles. The number of rotatable bonds is 4. The maximum Gasteiger partial charge on any atom is 0.251 e. The molecule has 1 aliphatic rings. The van der Waals surface area contributed by atoms with Gasteiger partial charge in [0, 0.05) is 25.2 Å². The number of nitrogen functional groups attached to an aromatic ring is 1. The SMILES string of the molecule is CN1CCOC(CNC(=O)c2cc(Cl)nc(NN)c2)C1. The van der Waals surface area contributed by atoms with E-state index in [0.29, 0.717) is 24.5 Å². The average molecular weight is 300 g/mol. The molecule has 1 saturated heterocycles. The lowest BCUT2D eigenvalue weighted by atomic mass is 10.2. The zero-order valence-corrected chi connectivity index (χ0v) is 12.0. The van der Waals surface area contributed by atoms with Crippen LogP contribution in [0.2, 0.25) is 5.15 Å². The van der Waals surface area contributed by atoms with Gasteiger partial charge in [-0.25, -0.2) is 10.8 Å². The second-order valence-electron chi connectivity index (χ2n) is 4.67. The standard InChI is InChI=1S/C12H18ClN5O2/c1-18-2-3-20-9(7-18)6-15-12(19)8-4-10(13)16-11(5-8)17-14/h4-5,9H,2-3,6-7,14H2,1H3,(H,15,19)(H,16,17). The van der Waals surface area contributed by atoms with Crippen LogP contribution in [-0.2, 0) is 4.74 Å². The maximum atomic E-state index is 12.1. The molecular weight excluding hydrogens is 282 g/mol. The first-order chi connectivity index (χ1) is 9.58. The van der Waals surface area contributed by atoms with Gasteiger partial charge in [0.2, 0.25) is 0 Å². The lowest BCUT2D eigenvalue weighted by molar-refractivity contribution is -0.0175. The summed E-state index contributed by atoms with van der Waals surface area (Å²) >= 11 is 5.82. The normalized spacial score (nSPS) is 19.6. The number of carbonyl (C=O) groups excluding carboxylic acids is 1. The number of ether oxygens (including phenoxy) is 1. The van der Waals surface area contributed by atoms with E-state index < -0.39 is 0 Å². The molecule has 0 radical (unpaired) electrons. The fourth-order valence-corrected chi connectivity index (χ4v) is 2.21. The van der Waals surface area contributed by atoms with Crippen molar-refractivity contribution in [1.82, 2.24) is 15.2 Å². The predicted molar refractivity (Wildman–Crippen MR) is 76.6 cm³/mol. The van der Waals surface area contributed by atoms with Crippen molar-refractivity contribution in [2.24, 2.45) is 5.84 Å². The van der Waals surface area contributed by atoms with Gasteiger partial charge in [-0.05, 0) is 19.2 Å². The van der Waals surface area contributed by atoms with Crippen molar-refractivity contribution in [3.8, 4) is 0 Å². The van der Waals surface area contributed by atoms with E-state index in [4.69, 9.17) is 22.2 Å². The van der Waals surface area contributed by atoms with Crippen LogP contribution in [0.4, 0.5) is 5.82 Å². The molecule has 1 fully saturated rings. The number of hydrogen-bond donors (Lipinski definition) is 3. The number of hydrogen-bond acceptors (Lipinski definition) is 6. The molecule has 0 bridgehead atoms. The van der Waals surface area contributed by atoms with E-state index >= 15 is 0 Å². The predicted octanol–water partition coefficient (Wildman–Crippen LogP) is 0.0810. The van der Waals surface area contributed by atoms with Gasteiger partial charge in [0.25, 0.3) is 5.91 Å². The molecule has 1 aromatic rings. The van der Waals surface area contributed by atoms with Gasteiger partial charge in [-0.2, -0.15) is 0 Å². The number of morpholine rings is 1. The summed E-state index contributed by atoms with van der Waals surface area (Å²) in [7, 11) is 2.03. The van der Waals surface area contributed by atoms with Crippen LogP contribution in [0.5, 0.6) is 0 Å². The molecule has 7 nitrogen and oxygen atoms in total. The van der Waals surface area contributed by atoms with E-state index in [2.05, 4.69) is 20.6 Å². The number of nitrogens with two attached hydrogens (primary N) is 1. The number of halogens is 1. The monoisotopic (exact) mass is 299 g/mol. The number of likely N-dealkylation sites (N-methyl/N-ethyl adjacent to an activating group) is 1. The van der Waals surface area contributed by atoms with Crippen LogP contribution in [0.3, 0.4) is 0 Å². The van der Waals surface area contributed by atoms with Gasteiger partial charge in [0.05, 0.1) is 12.7 Å². The van der Waals surface area contributed by atoms with Crippen molar-refractivity contribution in [2.75, 3.05) is 38.7 Å². The fraction of sp³-hybridized carbons (Fsp3) is 0.500. The average Bonchev–Trinajstić information content (AvgIpc) is 2.44. The third kappa shape index (κ3) is 4.04. The molecule has 0 saturated carbocycles. The highest BCUT2D eigenvalue weighted by Crippen LogP contribution is 2.13. The Labute approximate surface area is 122 Å². The quantitative estimate of drug-likeness (QED) is 0.414.